The van der Waals surface area contributed by atoms with Crippen LogP contribution in [0.2, 0.25) is 5.15 Å². The lowest BCUT2D eigenvalue weighted by atomic mass is 10.4. The summed E-state index contributed by atoms with van der Waals surface area (Å²) in [6.07, 6.45) is 2.09. The van der Waals surface area contributed by atoms with E-state index >= 15 is 0 Å². The highest BCUT2D eigenvalue weighted by atomic mass is 35.5. The van der Waals surface area contributed by atoms with Crippen LogP contribution in [0.3, 0.4) is 0 Å². The standard InChI is InChI=1S/C13H17ClN4O2S/c1-10-9-11(2)18(17-10)8-4-7-16-21(19,20)12-5-3-6-15-13(12)14/h3,5-6,9,16H,4,7-8H2,1-2H3. The van der Waals surface area contributed by atoms with E-state index in [1.165, 1.54) is 18.3 Å². The molecule has 2 heterocycles. The molecule has 0 unspecified atom stereocenters. The van der Waals surface area contributed by atoms with E-state index in [0.717, 1.165) is 11.4 Å². The summed E-state index contributed by atoms with van der Waals surface area (Å²) in [5, 5.41) is 4.30. The molecule has 0 amide bonds. The highest BCUT2D eigenvalue weighted by Gasteiger charge is 2.17. The van der Waals surface area contributed by atoms with E-state index in [0.29, 0.717) is 19.5 Å². The molecule has 0 fully saturated rings. The molecule has 0 aromatic carbocycles. The third-order valence-corrected chi connectivity index (χ3v) is 4.86. The molecule has 0 aliphatic heterocycles. The summed E-state index contributed by atoms with van der Waals surface area (Å²) in [6, 6.07) is 4.95. The van der Waals surface area contributed by atoms with Crippen LogP contribution in [0.25, 0.3) is 0 Å². The van der Waals surface area contributed by atoms with Gasteiger partial charge in [0.2, 0.25) is 10.0 Å². The van der Waals surface area contributed by atoms with Gasteiger partial charge >= 0.3 is 0 Å². The molecular weight excluding hydrogens is 312 g/mol. The Morgan fingerprint density at radius 2 is 2.14 bits per heavy atom. The quantitative estimate of drug-likeness (QED) is 0.649. The Morgan fingerprint density at radius 3 is 2.76 bits per heavy atom. The molecule has 2 aromatic heterocycles. The van der Waals surface area contributed by atoms with Gasteiger partial charge in [-0.05, 0) is 38.5 Å². The predicted molar refractivity (Wildman–Crippen MR) is 80.8 cm³/mol. The number of nitrogens with zero attached hydrogens (tertiary/aromatic N) is 3. The summed E-state index contributed by atoms with van der Waals surface area (Å²) in [5.74, 6) is 0. The van der Waals surface area contributed by atoms with E-state index in [4.69, 9.17) is 11.6 Å². The van der Waals surface area contributed by atoms with Crippen molar-refractivity contribution in [1.29, 1.82) is 0 Å². The van der Waals surface area contributed by atoms with Crippen molar-refractivity contribution in [3.05, 3.63) is 40.9 Å². The molecular formula is C13H17ClN4O2S. The van der Waals surface area contributed by atoms with Gasteiger partial charge < -0.3 is 0 Å². The van der Waals surface area contributed by atoms with Crippen LogP contribution in [0.4, 0.5) is 0 Å². The largest absolute Gasteiger partial charge is 0.270 e. The van der Waals surface area contributed by atoms with E-state index in [-0.39, 0.29) is 10.0 Å². The van der Waals surface area contributed by atoms with Gasteiger partial charge in [-0.25, -0.2) is 18.1 Å². The maximum atomic E-state index is 12.1. The first-order valence-electron chi connectivity index (χ1n) is 6.51. The summed E-state index contributed by atoms with van der Waals surface area (Å²) in [7, 11) is -3.62. The lowest BCUT2D eigenvalue weighted by Crippen LogP contribution is -2.26. The van der Waals surface area contributed by atoms with Gasteiger partial charge in [-0.15, -0.1) is 0 Å². The average Bonchev–Trinajstić information content (AvgIpc) is 2.73. The number of rotatable bonds is 6. The Balaban J connectivity index is 1.91. The SMILES string of the molecule is Cc1cc(C)n(CCCNS(=O)(=O)c2cccnc2Cl)n1. The fraction of sp³-hybridized carbons (Fsp3) is 0.385. The minimum absolute atomic E-state index is 0.00205. The number of aromatic nitrogens is 3. The first-order chi connectivity index (χ1) is 9.90. The van der Waals surface area contributed by atoms with E-state index in [9.17, 15) is 8.42 Å². The first kappa shape index (κ1) is 15.9. The van der Waals surface area contributed by atoms with Crippen molar-refractivity contribution in [1.82, 2.24) is 19.5 Å². The highest BCUT2D eigenvalue weighted by Crippen LogP contribution is 2.17. The van der Waals surface area contributed by atoms with E-state index < -0.39 is 10.0 Å². The fourth-order valence-corrected chi connectivity index (χ4v) is 3.51. The number of sulfonamides is 1. The second-order valence-corrected chi connectivity index (χ2v) is 6.79. The number of pyridine rings is 1. The number of aryl methyl sites for hydroxylation is 3. The monoisotopic (exact) mass is 328 g/mol. The summed E-state index contributed by atoms with van der Waals surface area (Å²) >= 11 is 5.80. The van der Waals surface area contributed by atoms with Crippen LogP contribution in [0.5, 0.6) is 0 Å². The Morgan fingerprint density at radius 1 is 1.38 bits per heavy atom. The zero-order chi connectivity index (χ0) is 15.5. The van der Waals surface area contributed by atoms with Crippen molar-refractivity contribution in [2.24, 2.45) is 0 Å². The molecule has 8 heteroatoms. The molecule has 0 radical (unpaired) electrons. The lowest BCUT2D eigenvalue weighted by Gasteiger charge is -2.08. The Kier molecular flexibility index (Phi) is 4.97. The van der Waals surface area contributed by atoms with Crippen LogP contribution in [-0.4, -0.2) is 29.7 Å². The third kappa shape index (κ3) is 4.03. The Labute approximate surface area is 129 Å². The molecule has 0 aliphatic rings. The van der Waals surface area contributed by atoms with Gasteiger partial charge in [0.15, 0.2) is 0 Å². The molecule has 2 rings (SSSR count). The van der Waals surface area contributed by atoms with Crippen LogP contribution in [0.15, 0.2) is 29.3 Å². The molecule has 0 spiro atoms. The minimum Gasteiger partial charge on any atom is -0.270 e. The first-order valence-corrected chi connectivity index (χ1v) is 8.37. The fourth-order valence-electron chi connectivity index (χ4n) is 1.99. The van der Waals surface area contributed by atoms with Crippen LogP contribution < -0.4 is 4.72 Å². The maximum Gasteiger partial charge on any atom is 0.243 e. The maximum absolute atomic E-state index is 12.1. The summed E-state index contributed by atoms with van der Waals surface area (Å²) in [5.41, 5.74) is 2.01. The van der Waals surface area contributed by atoms with E-state index in [1.54, 1.807) is 0 Å². The topological polar surface area (TPSA) is 76.9 Å². The lowest BCUT2D eigenvalue weighted by molar-refractivity contribution is 0.544. The van der Waals surface area contributed by atoms with Crippen molar-refractivity contribution in [3.8, 4) is 0 Å². The van der Waals surface area contributed by atoms with Gasteiger partial charge in [0.25, 0.3) is 0 Å². The van der Waals surface area contributed by atoms with Gasteiger partial charge in [-0.3, -0.25) is 4.68 Å². The van der Waals surface area contributed by atoms with Crippen molar-refractivity contribution >= 4 is 21.6 Å². The van der Waals surface area contributed by atoms with Gasteiger partial charge in [0.1, 0.15) is 10.0 Å². The number of nitrogens with one attached hydrogen (secondary N) is 1. The van der Waals surface area contributed by atoms with Crippen molar-refractivity contribution < 1.29 is 8.42 Å². The van der Waals surface area contributed by atoms with Crippen molar-refractivity contribution in [2.75, 3.05) is 6.54 Å². The minimum atomic E-state index is -3.62. The molecule has 2 aromatic rings. The summed E-state index contributed by atoms with van der Waals surface area (Å²) in [6.45, 7) is 4.87. The zero-order valence-corrected chi connectivity index (χ0v) is 13.4. The number of hydrogen-bond acceptors (Lipinski definition) is 4. The predicted octanol–water partition coefficient (Wildman–Crippen LogP) is 1.92. The molecule has 0 saturated heterocycles. The average molecular weight is 329 g/mol. The Hall–Kier alpha value is -1.44. The van der Waals surface area contributed by atoms with E-state index in [2.05, 4.69) is 14.8 Å². The van der Waals surface area contributed by atoms with Gasteiger partial charge in [-0.1, -0.05) is 11.6 Å². The molecule has 6 nitrogen and oxygen atoms in total. The molecule has 0 aliphatic carbocycles. The third-order valence-electron chi connectivity index (χ3n) is 2.96. The Bertz CT molecular complexity index is 728. The zero-order valence-electron chi connectivity index (χ0n) is 11.9. The number of hydrogen-bond donors (Lipinski definition) is 1. The summed E-state index contributed by atoms with van der Waals surface area (Å²) < 4.78 is 28.5. The molecule has 114 valence electrons. The molecule has 0 atom stereocenters. The highest BCUT2D eigenvalue weighted by molar-refractivity contribution is 7.89. The van der Waals surface area contributed by atoms with Gasteiger partial charge in [0.05, 0.1) is 5.69 Å². The normalized spacial score (nSPS) is 11.8. The molecule has 1 N–H and O–H groups in total. The van der Waals surface area contributed by atoms with Crippen LogP contribution in [0.1, 0.15) is 17.8 Å². The van der Waals surface area contributed by atoms with E-state index in [1.807, 2.05) is 24.6 Å². The summed E-state index contributed by atoms with van der Waals surface area (Å²) in [4.78, 5) is 3.77. The van der Waals surface area contributed by atoms with Crippen molar-refractivity contribution in [3.63, 3.8) is 0 Å². The second-order valence-electron chi connectivity index (χ2n) is 4.69. The molecule has 0 bridgehead atoms. The van der Waals surface area contributed by atoms with Gasteiger partial charge in [-0.2, -0.15) is 5.10 Å². The van der Waals surface area contributed by atoms with Crippen LogP contribution in [-0.2, 0) is 16.6 Å². The van der Waals surface area contributed by atoms with Crippen LogP contribution >= 0.6 is 11.6 Å². The molecule has 21 heavy (non-hydrogen) atoms. The van der Waals surface area contributed by atoms with Crippen LogP contribution in [0, 0.1) is 13.8 Å². The second kappa shape index (κ2) is 6.55. The molecule has 0 saturated carbocycles. The number of halogens is 1. The smallest absolute Gasteiger partial charge is 0.243 e. The van der Waals surface area contributed by atoms with Crippen molar-refractivity contribution in [2.45, 2.75) is 31.7 Å². The van der Waals surface area contributed by atoms with Gasteiger partial charge in [0, 0.05) is 25.0 Å².